The molecule has 0 bridgehead atoms. The Kier molecular flexibility index (Phi) is 3.65. The highest BCUT2D eigenvalue weighted by atomic mass is 32.2. The number of carboxylic acid groups (broad SMARTS) is 1. The minimum Gasteiger partial charge on any atom is -0.481 e. The van der Waals surface area contributed by atoms with Crippen molar-refractivity contribution >= 4 is 17.7 Å². The first-order valence-electron chi connectivity index (χ1n) is 6.90. The lowest BCUT2D eigenvalue weighted by Crippen LogP contribution is -2.10. The Labute approximate surface area is 124 Å². The van der Waals surface area contributed by atoms with Crippen LogP contribution in [0.2, 0.25) is 0 Å². The number of thioether (sulfide) groups is 1. The van der Waals surface area contributed by atoms with Crippen LogP contribution in [0.25, 0.3) is 0 Å². The zero-order chi connectivity index (χ0) is 15.3. The van der Waals surface area contributed by atoms with Gasteiger partial charge in [0.2, 0.25) is 0 Å². The molecule has 1 heterocycles. The molecule has 2 rings (SSSR count). The number of carboxylic acids is 1. The van der Waals surface area contributed by atoms with Crippen LogP contribution in [0.1, 0.15) is 59.3 Å². The van der Waals surface area contributed by atoms with Crippen LogP contribution < -0.4 is 0 Å². The van der Waals surface area contributed by atoms with Gasteiger partial charge in [-0.1, -0.05) is 39.5 Å². The standard InChI is InChI=1S/C14H23N3O2S/c1-8(2)17-11(10-13(3,4)14(10,5)6)15-16-12(17)20-7-9(18)19/h8,10H,7H2,1-6H3,(H,18,19). The van der Waals surface area contributed by atoms with Crippen LogP contribution >= 0.6 is 11.8 Å². The summed E-state index contributed by atoms with van der Waals surface area (Å²) < 4.78 is 2.09. The molecular formula is C14H23N3O2S. The molecule has 1 aromatic heterocycles. The highest BCUT2D eigenvalue weighted by Crippen LogP contribution is 2.73. The molecule has 0 saturated heterocycles. The van der Waals surface area contributed by atoms with Crippen molar-refractivity contribution in [2.75, 3.05) is 5.75 Å². The molecule has 1 N–H and O–H groups in total. The minimum absolute atomic E-state index is 0.0162. The SMILES string of the molecule is CC(C)n1c(SCC(=O)O)nnc1C1C(C)(C)C1(C)C. The van der Waals surface area contributed by atoms with Crippen molar-refractivity contribution in [3.05, 3.63) is 5.82 Å². The van der Waals surface area contributed by atoms with Crippen LogP contribution in [-0.2, 0) is 4.79 Å². The maximum absolute atomic E-state index is 10.7. The third-order valence-corrected chi connectivity index (χ3v) is 5.74. The summed E-state index contributed by atoms with van der Waals surface area (Å²) in [6, 6.07) is 0.225. The molecular weight excluding hydrogens is 274 g/mol. The van der Waals surface area contributed by atoms with Crippen LogP contribution in [0.5, 0.6) is 0 Å². The first-order chi connectivity index (χ1) is 9.10. The van der Waals surface area contributed by atoms with Gasteiger partial charge in [-0.2, -0.15) is 0 Å². The second kappa shape index (κ2) is 4.76. The molecule has 0 aliphatic heterocycles. The van der Waals surface area contributed by atoms with Crippen molar-refractivity contribution in [2.45, 2.75) is 58.7 Å². The molecule has 1 aliphatic rings. The molecule has 0 spiro atoms. The Morgan fingerprint density at radius 2 is 1.85 bits per heavy atom. The highest BCUT2D eigenvalue weighted by Gasteiger charge is 2.67. The maximum atomic E-state index is 10.7. The van der Waals surface area contributed by atoms with Gasteiger partial charge in [0, 0.05) is 12.0 Å². The number of nitrogens with zero attached hydrogens (tertiary/aromatic N) is 3. The summed E-state index contributed by atoms with van der Waals surface area (Å²) in [7, 11) is 0. The van der Waals surface area contributed by atoms with E-state index in [9.17, 15) is 4.79 Å². The van der Waals surface area contributed by atoms with E-state index in [4.69, 9.17) is 5.11 Å². The summed E-state index contributed by atoms with van der Waals surface area (Å²) in [5.74, 6) is 0.538. The second-order valence-electron chi connectivity index (χ2n) is 6.86. The van der Waals surface area contributed by atoms with E-state index in [2.05, 4.69) is 56.3 Å². The summed E-state index contributed by atoms with van der Waals surface area (Å²) in [5.41, 5.74) is 0.392. The fourth-order valence-corrected chi connectivity index (χ4v) is 3.83. The smallest absolute Gasteiger partial charge is 0.313 e. The molecule has 1 aliphatic carbocycles. The predicted octanol–water partition coefficient (Wildman–Crippen LogP) is 3.19. The van der Waals surface area contributed by atoms with E-state index >= 15 is 0 Å². The largest absolute Gasteiger partial charge is 0.481 e. The van der Waals surface area contributed by atoms with Crippen molar-refractivity contribution in [2.24, 2.45) is 10.8 Å². The quantitative estimate of drug-likeness (QED) is 0.845. The number of hydrogen-bond acceptors (Lipinski definition) is 4. The summed E-state index contributed by atoms with van der Waals surface area (Å²) in [6.07, 6.45) is 0. The van der Waals surface area contributed by atoms with E-state index in [0.29, 0.717) is 11.1 Å². The Balaban J connectivity index is 2.34. The van der Waals surface area contributed by atoms with Gasteiger partial charge in [-0.05, 0) is 24.7 Å². The van der Waals surface area contributed by atoms with E-state index in [1.807, 2.05) is 0 Å². The summed E-state index contributed by atoms with van der Waals surface area (Å²) in [4.78, 5) is 10.7. The number of hydrogen-bond donors (Lipinski definition) is 1. The van der Waals surface area contributed by atoms with Gasteiger partial charge >= 0.3 is 5.97 Å². The van der Waals surface area contributed by atoms with Gasteiger partial charge in [0.15, 0.2) is 5.16 Å². The van der Waals surface area contributed by atoms with Crippen molar-refractivity contribution in [3.63, 3.8) is 0 Å². The van der Waals surface area contributed by atoms with Gasteiger partial charge in [-0.25, -0.2) is 0 Å². The molecule has 0 aromatic carbocycles. The van der Waals surface area contributed by atoms with Gasteiger partial charge in [-0.3, -0.25) is 4.79 Å². The zero-order valence-corrected chi connectivity index (χ0v) is 13.8. The number of aromatic nitrogens is 3. The highest BCUT2D eigenvalue weighted by molar-refractivity contribution is 7.99. The fourth-order valence-electron chi connectivity index (χ4n) is 3.04. The zero-order valence-electron chi connectivity index (χ0n) is 13.0. The third-order valence-electron chi connectivity index (χ3n) is 4.81. The van der Waals surface area contributed by atoms with Crippen LogP contribution in [-0.4, -0.2) is 31.6 Å². The van der Waals surface area contributed by atoms with Crippen LogP contribution in [0.15, 0.2) is 5.16 Å². The topological polar surface area (TPSA) is 68.0 Å². The molecule has 1 aromatic rings. The Morgan fingerprint density at radius 1 is 1.30 bits per heavy atom. The fraction of sp³-hybridized carbons (Fsp3) is 0.786. The molecule has 20 heavy (non-hydrogen) atoms. The average molecular weight is 297 g/mol. The van der Waals surface area contributed by atoms with Crippen molar-refractivity contribution in [1.29, 1.82) is 0 Å². The molecule has 0 amide bonds. The van der Waals surface area contributed by atoms with Crippen molar-refractivity contribution < 1.29 is 9.90 Å². The number of carbonyl (C=O) groups is 1. The second-order valence-corrected chi connectivity index (χ2v) is 7.81. The van der Waals surface area contributed by atoms with Crippen molar-refractivity contribution in [1.82, 2.24) is 14.8 Å². The Morgan fingerprint density at radius 3 is 2.25 bits per heavy atom. The summed E-state index contributed by atoms with van der Waals surface area (Å²) in [5, 5.41) is 18.1. The molecule has 6 heteroatoms. The van der Waals surface area contributed by atoms with Gasteiger partial charge < -0.3 is 9.67 Å². The van der Waals surface area contributed by atoms with E-state index in [1.165, 1.54) is 11.8 Å². The van der Waals surface area contributed by atoms with Crippen molar-refractivity contribution in [3.8, 4) is 0 Å². The minimum atomic E-state index is -0.832. The van der Waals surface area contributed by atoms with Crippen LogP contribution in [0, 0.1) is 10.8 Å². The summed E-state index contributed by atoms with van der Waals surface area (Å²) >= 11 is 1.24. The van der Waals surface area contributed by atoms with E-state index in [-0.39, 0.29) is 22.6 Å². The first-order valence-corrected chi connectivity index (χ1v) is 7.88. The first kappa shape index (κ1) is 15.4. The third kappa shape index (κ3) is 2.24. The van der Waals surface area contributed by atoms with Crippen LogP contribution in [0.4, 0.5) is 0 Å². The predicted molar refractivity (Wildman–Crippen MR) is 79.1 cm³/mol. The lowest BCUT2D eigenvalue weighted by atomic mass is 10.0. The van der Waals surface area contributed by atoms with Gasteiger partial charge in [-0.15, -0.1) is 10.2 Å². The van der Waals surface area contributed by atoms with Gasteiger partial charge in [0.1, 0.15) is 5.82 Å². The molecule has 0 unspecified atom stereocenters. The molecule has 1 fully saturated rings. The molecule has 112 valence electrons. The van der Waals surface area contributed by atoms with E-state index in [0.717, 1.165) is 5.82 Å². The Bertz CT molecular complexity index is 521. The normalized spacial score (nSPS) is 20.4. The van der Waals surface area contributed by atoms with Gasteiger partial charge in [0.25, 0.3) is 0 Å². The van der Waals surface area contributed by atoms with Crippen LogP contribution in [0.3, 0.4) is 0 Å². The lowest BCUT2D eigenvalue weighted by Gasteiger charge is -2.14. The monoisotopic (exact) mass is 297 g/mol. The summed E-state index contributed by atoms with van der Waals surface area (Å²) in [6.45, 7) is 13.2. The molecule has 0 radical (unpaired) electrons. The van der Waals surface area contributed by atoms with Gasteiger partial charge in [0.05, 0.1) is 5.75 Å². The average Bonchev–Trinajstić information content (AvgIpc) is 2.63. The molecule has 0 atom stereocenters. The maximum Gasteiger partial charge on any atom is 0.313 e. The number of rotatable bonds is 5. The number of aliphatic carboxylic acids is 1. The molecule has 5 nitrogen and oxygen atoms in total. The van der Waals surface area contributed by atoms with E-state index < -0.39 is 5.97 Å². The lowest BCUT2D eigenvalue weighted by molar-refractivity contribution is -0.133. The Hall–Kier alpha value is -1.04. The van der Waals surface area contributed by atoms with E-state index in [1.54, 1.807) is 0 Å². The molecule has 1 saturated carbocycles.